The second-order valence-electron chi connectivity index (χ2n) is 5.75. The van der Waals surface area contributed by atoms with Crippen molar-refractivity contribution in [1.82, 2.24) is 9.80 Å². The molecule has 1 saturated heterocycles. The van der Waals surface area contributed by atoms with Crippen LogP contribution in [0.2, 0.25) is 0 Å². The first-order valence-corrected chi connectivity index (χ1v) is 6.70. The molecule has 0 amide bonds. The van der Waals surface area contributed by atoms with Gasteiger partial charge in [-0.2, -0.15) is 0 Å². The zero-order valence-electron chi connectivity index (χ0n) is 11.7. The summed E-state index contributed by atoms with van der Waals surface area (Å²) in [7, 11) is 2.18. The Hall–Kier alpha value is -1.06. The third-order valence-electron chi connectivity index (χ3n) is 3.34. The van der Waals surface area contributed by atoms with Gasteiger partial charge < -0.3 is 9.64 Å². The summed E-state index contributed by atoms with van der Waals surface area (Å²) in [6.07, 6.45) is 0. The first-order chi connectivity index (χ1) is 8.55. The van der Waals surface area contributed by atoms with Crippen LogP contribution in [0.5, 0.6) is 5.75 Å². The predicted octanol–water partition coefficient (Wildman–Crippen LogP) is 2.09. The van der Waals surface area contributed by atoms with E-state index in [1.165, 1.54) is 0 Å². The lowest BCUT2D eigenvalue weighted by Gasteiger charge is -2.37. The minimum absolute atomic E-state index is 0.142. The van der Waals surface area contributed by atoms with Gasteiger partial charge in [-0.3, -0.25) is 4.90 Å². The molecule has 0 bridgehead atoms. The minimum atomic E-state index is -0.142. The average molecular weight is 248 g/mol. The van der Waals surface area contributed by atoms with E-state index >= 15 is 0 Å². The molecular weight excluding hydrogens is 224 g/mol. The SMILES string of the molecule is CN1CCN(CC(C)(C)Oc2ccccc2)CC1. The van der Waals surface area contributed by atoms with Gasteiger partial charge in [0.15, 0.2) is 0 Å². The van der Waals surface area contributed by atoms with E-state index in [4.69, 9.17) is 4.74 Å². The number of hydrogen-bond acceptors (Lipinski definition) is 3. The van der Waals surface area contributed by atoms with Crippen LogP contribution in [0, 0.1) is 0 Å². The van der Waals surface area contributed by atoms with E-state index in [9.17, 15) is 0 Å². The zero-order chi connectivity index (χ0) is 13.0. The Kier molecular flexibility index (Phi) is 4.25. The van der Waals surface area contributed by atoms with E-state index in [2.05, 4.69) is 30.7 Å². The monoisotopic (exact) mass is 248 g/mol. The standard InChI is InChI=1S/C15H24N2O/c1-15(2,18-14-7-5-4-6-8-14)13-17-11-9-16(3)10-12-17/h4-8H,9-13H2,1-3H3. The normalized spacial score (nSPS) is 18.8. The average Bonchev–Trinajstić information content (AvgIpc) is 2.32. The molecule has 0 saturated carbocycles. The Bertz CT molecular complexity index is 356. The Morgan fingerprint density at radius 3 is 2.28 bits per heavy atom. The summed E-state index contributed by atoms with van der Waals surface area (Å²) in [5.74, 6) is 0.955. The van der Waals surface area contributed by atoms with E-state index in [0.29, 0.717) is 0 Å². The molecule has 18 heavy (non-hydrogen) atoms. The highest BCUT2D eigenvalue weighted by Crippen LogP contribution is 2.19. The van der Waals surface area contributed by atoms with Gasteiger partial charge in [0.1, 0.15) is 11.4 Å². The first kappa shape index (κ1) is 13.4. The van der Waals surface area contributed by atoms with Crippen molar-refractivity contribution in [2.24, 2.45) is 0 Å². The molecule has 3 heteroatoms. The highest BCUT2D eigenvalue weighted by Gasteiger charge is 2.25. The van der Waals surface area contributed by atoms with Gasteiger partial charge in [-0.25, -0.2) is 0 Å². The van der Waals surface area contributed by atoms with Crippen molar-refractivity contribution in [2.45, 2.75) is 19.4 Å². The third-order valence-corrected chi connectivity index (χ3v) is 3.34. The molecule has 0 unspecified atom stereocenters. The van der Waals surface area contributed by atoms with Gasteiger partial charge in [0.25, 0.3) is 0 Å². The zero-order valence-corrected chi connectivity index (χ0v) is 11.7. The van der Waals surface area contributed by atoms with Crippen molar-refractivity contribution in [2.75, 3.05) is 39.8 Å². The number of benzene rings is 1. The van der Waals surface area contributed by atoms with Gasteiger partial charge >= 0.3 is 0 Å². The molecule has 1 fully saturated rings. The van der Waals surface area contributed by atoms with Crippen LogP contribution in [-0.2, 0) is 0 Å². The summed E-state index contributed by atoms with van der Waals surface area (Å²) < 4.78 is 6.08. The second-order valence-corrected chi connectivity index (χ2v) is 5.75. The van der Waals surface area contributed by atoms with Crippen LogP contribution in [0.25, 0.3) is 0 Å². The molecule has 3 nitrogen and oxygen atoms in total. The van der Waals surface area contributed by atoms with Crippen molar-refractivity contribution in [3.8, 4) is 5.75 Å². The molecule has 100 valence electrons. The highest BCUT2D eigenvalue weighted by atomic mass is 16.5. The molecule has 1 aliphatic rings. The van der Waals surface area contributed by atoms with Gasteiger partial charge in [-0.1, -0.05) is 18.2 Å². The van der Waals surface area contributed by atoms with Crippen molar-refractivity contribution in [1.29, 1.82) is 0 Å². The van der Waals surface area contributed by atoms with E-state index in [1.807, 2.05) is 30.3 Å². The number of likely N-dealkylation sites (N-methyl/N-ethyl adjacent to an activating group) is 1. The summed E-state index contributed by atoms with van der Waals surface area (Å²) >= 11 is 0. The van der Waals surface area contributed by atoms with Gasteiger partial charge in [-0.05, 0) is 33.0 Å². The molecule has 0 atom stereocenters. The lowest BCUT2D eigenvalue weighted by molar-refractivity contribution is 0.0402. The van der Waals surface area contributed by atoms with Crippen LogP contribution in [0.1, 0.15) is 13.8 Å². The fourth-order valence-electron chi connectivity index (χ4n) is 2.38. The summed E-state index contributed by atoms with van der Waals surface area (Å²) in [4.78, 5) is 4.87. The molecule has 0 aromatic heterocycles. The molecule has 0 N–H and O–H groups in total. The summed E-state index contributed by atoms with van der Waals surface area (Å²) in [6, 6.07) is 10.1. The van der Waals surface area contributed by atoms with Crippen LogP contribution >= 0.6 is 0 Å². The maximum Gasteiger partial charge on any atom is 0.120 e. The number of hydrogen-bond donors (Lipinski definition) is 0. The van der Waals surface area contributed by atoms with Crippen LogP contribution < -0.4 is 4.74 Å². The largest absolute Gasteiger partial charge is 0.487 e. The number of nitrogens with zero attached hydrogens (tertiary/aromatic N) is 2. The highest BCUT2D eigenvalue weighted by molar-refractivity contribution is 5.21. The maximum absolute atomic E-state index is 6.08. The Morgan fingerprint density at radius 1 is 1.06 bits per heavy atom. The number of rotatable bonds is 4. The summed E-state index contributed by atoms with van der Waals surface area (Å²) in [5.41, 5.74) is -0.142. The van der Waals surface area contributed by atoms with Gasteiger partial charge in [-0.15, -0.1) is 0 Å². The second kappa shape index (κ2) is 5.72. The van der Waals surface area contributed by atoms with E-state index in [0.717, 1.165) is 38.5 Å². The molecular formula is C15H24N2O. The maximum atomic E-state index is 6.08. The molecule has 1 heterocycles. The number of ether oxygens (including phenoxy) is 1. The smallest absolute Gasteiger partial charge is 0.120 e. The Morgan fingerprint density at radius 2 is 1.67 bits per heavy atom. The van der Waals surface area contributed by atoms with Gasteiger partial charge in [0, 0.05) is 32.7 Å². The molecule has 0 radical (unpaired) electrons. The Balaban J connectivity index is 1.87. The predicted molar refractivity (Wildman–Crippen MR) is 75.1 cm³/mol. The van der Waals surface area contributed by atoms with Crippen molar-refractivity contribution in [3.63, 3.8) is 0 Å². The van der Waals surface area contributed by atoms with E-state index in [-0.39, 0.29) is 5.60 Å². The Labute approximate surface area is 110 Å². The lowest BCUT2D eigenvalue weighted by Crippen LogP contribution is -2.50. The quantitative estimate of drug-likeness (QED) is 0.811. The molecule has 0 spiro atoms. The van der Waals surface area contributed by atoms with Crippen LogP contribution in [0.3, 0.4) is 0 Å². The number of piperazine rings is 1. The van der Waals surface area contributed by atoms with Crippen molar-refractivity contribution >= 4 is 0 Å². The molecule has 1 aromatic carbocycles. The van der Waals surface area contributed by atoms with Gasteiger partial charge in [0.05, 0.1) is 0 Å². The summed E-state index contributed by atoms with van der Waals surface area (Å²) in [5, 5.41) is 0. The van der Waals surface area contributed by atoms with E-state index in [1.54, 1.807) is 0 Å². The molecule has 1 aliphatic heterocycles. The van der Waals surface area contributed by atoms with Crippen LogP contribution in [0.4, 0.5) is 0 Å². The van der Waals surface area contributed by atoms with Crippen molar-refractivity contribution < 1.29 is 4.74 Å². The lowest BCUT2D eigenvalue weighted by atomic mass is 10.1. The molecule has 0 aliphatic carbocycles. The minimum Gasteiger partial charge on any atom is -0.487 e. The fourth-order valence-corrected chi connectivity index (χ4v) is 2.38. The fraction of sp³-hybridized carbons (Fsp3) is 0.600. The van der Waals surface area contributed by atoms with Gasteiger partial charge in [0.2, 0.25) is 0 Å². The van der Waals surface area contributed by atoms with E-state index < -0.39 is 0 Å². The van der Waals surface area contributed by atoms with Crippen molar-refractivity contribution in [3.05, 3.63) is 30.3 Å². The first-order valence-electron chi connectivity index (χ1n) is 6.70. The molecule has 2 rings (SSSR count). The van der Waals surface area contributed by atoms with Crippen LogP contribution in [0.15, 0.2) is 30.3 Å². The summed E-state index contributed by atoms with van der Waals surface area (Å²) in [6.45, 7) is 9.89. The number of para-hydroxylation sites is 1. The third kappa shape index (κ3) is 4.00. The topological polar surface area (TPSA) is 15.7 Å². The molecule has 1 aromatic rings. The van der Waals surface area contributed by atoms with Crippen LogP contribution in [-0.4, -0.2) is 55.2 Å².